The third kappa shape index (κ3) is 7.12. The van der Waals surface area contributed by atoms with Gasteiger partial charge in [-0.1, -0.05) is 76.8 Å². The van der Waals surface area contributed by atoms with Crippen LogP contribution in [0.1, 0.15) is 83.1 Å². The van der Waals surface area contributed by atoms with Crippen LogP contribution >= 0.6 is 11.8 Å². The summed E-state index contributed by atoms with van der Waals surface area (Å²) >= 11 is 0.968. The van der Waals surface area contributed by atoms with E-state index in [0.29, 0.717) is 17.1 Å². The molecular weight excluding hydrogens is 424 g/mol. The van der Waals surface area contributed by atoms with Crippen molar-refractivity contribution in [1.29, 1.82) is 0 Å². The molecule has 7 heteroatoms. The molecule has 1 saturated heterocycles. The minimum absolute atomic E-state index is 0.0176. The lowest BCUT2D eigenvalue weighted by molar-refractivity contribution is -0.124. The number of hydrogen-bond donors (Lipinski definition) is 2. The Morgan fingerprint density at radius 3 is 2.06 bits per heavy atom. The van der Waals surface area contributed by atoms with Crippen LogP contribution in [-0.4, -0.2) is 33.8 Å². The molecule has 1 aliphatic heterocycles. The second kappa shape index (κ2) is 11.5. The van der Waals surface area contributed by atoms with E-state index in [1.165, 1.54) is 49.8 Å². The average Bonchev–Trinajstić information content (AvgIpc) is 3.04. The quantitative estimate of drug-likeness (QED) is 0.469. The lowest BCUT2D eigenvalue weighted by Crippen LogP contribution is -2.39. The molecule has 0 atom stereocenters. The summed E-state index contributed by atoms with van der Waals surface area (Å²) in [5.74, 6) is -0.237. The molecule has 1 aromatic carbocycles. The monoisotopic (exact) mass is 458 g/mol. The Bertz CT molecular complexity index is 828. The SMILES string of the molecule is C1CCCCC1.CC1(CN2C(=O)SC(=Cc3ccc(NC(=O)O)cc3)C2=O)CCCCC1. The second-order valence-electron chi connectivity index (χ2n) is 9.31. The average molecular weight is 459 g/mol. The maximum atomic E-state index is 12.7. The Labute approximate surface area is 194 Å². The smallest absolute Gasteiger partial charge is 0.409 e. The van der Waals surface area contributed by atoms with Crippen LogP contribution in [0.5, 0.6) is 0 Å². The number of rotatable bonds is 4. The number of anilines is 1. The van der Waals surface area contributed by atoms with E-state index in [4.69, 9.17) is 5.11 Å². The number of carboxylic acid groups (broad SMARTS) is 1. The first-order chi connectivity index (χ1) is 15.4. The van der Waals surface area contributed by atoms with Gasteiger partial charge in [0, 0.05) is 12.2 Å². The highest BCUT2D eigenvalue weighted by atomic mass is 32.2. The van der Waals surface area contributed by atoms with Crippen molar-refractivity contribution in [2.24, 2.45) is 5.41 Å². The number of thioether (sulfide) groups is 1. The Hall–Kier alpha value is -2.28. The molecule has 3 amide bonds. The first-order valence-electron chi connectivity index (χ1n) is 11.7. The molecule has 0 bridgehead atoms. The van der Waals surface area contributed by atoms with Crippen LogP contribution in [0.4, 0.5) is 15.3 Å². The van der Waals surface area contributed by atoms with Gasteiger partial charge in [-0.3, -0.25) is 19.8 Å². The van der Waals surface area contributed by atoms with E-state index in [0.717, 1.165) is 43.0 Å². The highest BCUT2D eigenvalue weighted by Gasteiger charge is 2.40. The highest BCUT2D eigenvalue weighted by molar-refractivity contribution is 8.18. The number of imide groups is 1. The summed E-state index contributed by atoms with van der Waals surface area (Å²) in [5, 5.41) is 10.7. The van der Waals surface area contributed by atoms with Crippen LogP contribution in [0.2, 0.25) is 0 Å². The topological polar surface area (TPSA) is 86.7 Å². The molecule has 0 aromatic heterocycles. The van der Waals surface area contributed by atoms with E-state index in [-0.39, 0.29) is 16.6 Å². The summed E-state index contributed by atoms with van der Waals surface area (Å²) in [5.41, 5.74) is 1.22. The number of carbonyl (C=O) groups is 3. The molecule has 6 nitrogen and oxygen atoms in total. The largest absolute Gasteiger partial charge is 0.465 e. The van der Waals surface area contributed by atoms with Gasteiger partial charge in [-0.25, -0.2) is 4.79 Å². The van der Waals surface area contributed by atoms with E-state index >= 15 is 0 Å². The number of benzene rings is 1. The van der Waals surface area contributed by atoms with Gasteiger partial charge in [-0.05, 0) is 53.8 Å². The Kier molecular flexibility index (Phi) is 8.79. The van der Waals surface area contributed by atoms with Crippen LogP contribution in [0.25, 0.3) is 6.08 Å². The fraction of sp³-hybridized carbons (Fsp3) is 0.560. The maximum absolute atomic E-state index is 12.7. The van der Waals surface area contributed by atoms with Gasteiger partial charge in [-0.2, -0.15) is 0 Å². The van der Waals surface area contributed by atoms with Crippen molar-refractivity contribution >= 4 is 40.8 Å². The van der Waals surface area contributed by atoms with E-state index in [9.17, 15) is 14.4 Å². The molecule has 32 heavy (non-hydrogen) atoms. The van der Waals surface area contributed by atoms with E-state index in [2.05, 4.69) is 12.2 Å². The molecule has 174 valence electrons. The minimum atomic E-state index is -1.13. The van der Waals surface area contributed by atoms with Crippen molar-refractivity contribution in [2.45, 2.75) is 77.6 Å². The highest BCUT2D eigenvalue weighted by Crippen LogP contribution is 2.40. The van der Waals surface area contributed by atoms with Gasteiger partial charge in [0.1, 0.15) is 0 Å². The standard InChI is InChI=1S/C19H22N2O4S.C6H12/c1-19(9-3-2-4-10-19)12-21-16(22)15(26-18(21)25)11-13-5-7-14(8-6-13)20-17(23)24;1-2-4-6-5-3-1/h5-8,11,20H,2-4,9-10,12H2,1H3,(H,23,24);1-6H2. The number of hydrogen-bond acceptors (Lipinski definition) is 4. The molecule has 0 radical (unpaired) electrons. The number of carbonyl (C=O) groups excluding carboxylic acids is 2. The third-order valence-corrected chi connectivity index (χ3v) is 7.34. The first kappa shape index (κ1) is 24.4. The van der Waals surface area contributed by atoms with Crippen molar-refractivity contribution in [3.63, 3.8) is 0 Å². The zero-order valence-electron chi connectivity index (χ0n) is 18.9. The van der Waals surface area contributed by atoms with Gasteiger partial charge in [0.05, 0.1) is 4.91 Å². The van der Waals surface area contributed by atoms with Crippen molar-refractivity contribution in [3.8, 4) is 0 Å². The van der Waals surface area contributed by atoms with E-state index < -0.39 is 6.09 Å². The zero-order chi connectivity index (χ0) is 23.0. The van der Waals surface area contributed by atoms with Gasteiger partial charge in [0.2, 0.25) is 0 Å². The molecule has 3 fully saturated rings. The summed E-state index contributed by atoms with van der Waals surface area (Å²) in [6.07, 6.45) is 15.2. The molecule has 1 aromatic rings. The Balaban J connectivity index is 0.000000416. The molecule has 1 heterocycles. The summed E-state index contributed by atoms with van der Waals surface area (Å²) in [6, 6.07) is 6.66. The third-order valence-electron chi connectivity index (χ3n) is 6.43. The summed E-state index contributed by atoms with van der Waals surface area (Å²) in [4.78, 5) is 37.4. The van der Waals surface area contributed by atoms with Gasteiger partial charge in [-0.15, -0.1) is 0 Å². The normalized spacial score (nSPS) is 21.8. The summed E-state index contributed by atoms with van der Waals surface area (Å²) < 4.78 is 0. The molecular formula is C25H34N2O4S. The molecule has 3 aliphatic rings. The number of amides is 3. The van der Waals surface area contributed by atoms with Crippen LogP contribution in [0.3, 0.4) is 0 Å². The van der Waals surface area contributed by atoms with Gasteiger partial charge in [0.25, 0.3) is 11.1 Å². The second-order valence-corrected chi connectivity index (χ2v) is 10.3. The molecule has 2 aliphatic carbocycles. The molecule has 2 saturated carbocycles. The zero-order valence-corrected chi connectivity index (χ0v) is 19.7. The summed E-state index contributed by atoms with van der Waals surface area (Å²) in [6.45, 7) is 2.64. The first-order valence-corrected chi connectivity index (χ1v) is 12.5. The van der Waals surface area contributed by atoms with Crippen molar-refractivity contribution < 1.29 is 19.5 Å². The number of nitrogens with one attached hydrogen (secondary N) is 1. The van der Waals surface area contributed by atoms with Crippen molar-refractivity contribution in [1.82, 2.24) is 4.90 Å². The predicted molar refractivity (Wildman–Crippen MR) is 130 cm³/mol. The van der Waals surface area contributed by atoms with Crippen LogP contribution in [0.15, 0.2) is 29.2 Å². The Morgan fingerprint density at radius 2 is 1.53 bits per heavy atom. The van der Waals surface area contributed by atoms with Crippen LogP contribution < -0.4 is 5.32 Å². The summed E-state index contributed by atoms with van der Waals surface area (Å²) in [7, 11) is 0. The lowest BCUT2D eigenvalue weighted by atomic mass is 9.75. The molecule has 2 N–H and O–H groups in total. The molecule has 4 rings (SSSR count). The van der Waals surface area contributed by atoms with Crippen LogP contribution in [0, 0.1) is 5.41 Å². The fourth-order valence-corrected chi connectivity index (χ4v) is 5.42. The van der Waals surface area contributed by atoms with Gasteiger partial charge in [0.15, 0.2) is 0 Å². The fourth-order valence-electron chi connectivity index (χ4n) is 4.58. The maximum Gasteiger partial charge on any atom is 0.409 e. The van der Waals surface area contributed by atoms with E-state index in [1.54, 1.807) is 30.3 Å². The molecule has 0 spiro atoms. The van der Waals surface area contributed by atoms with Crippen molar-refractivity contribution in [2.75, 3.05) is 11.9 Å². The Morgan fingerprint density at radius 1 is 1.00 bits per heavy atom. The minimum Gasteiger partial charge on any atom is -0.465 e. The van der Waals surface area contributed by atoms with Gasteiger partial charge < -0.3 is 5.11 Å². The van der Waals surface area contributed by atoms with Gasteiger partial charge >= 0.3 is 6.09 Å². The lowest BCUT2D eigenvalue weighted by Gasteiger charge is -2.35. The van der Waals surface area contributed by atoms with Crippen molar-refractivity contribution in [3.05, 3.63) is 34.7 Å². The molecule has 0 unspecified atom stereocenters. The van der Waals surface area contributed by atoms with Crippen LogP contribution in [-0.2, 0) is 4.79 Å². The predicted octanol–water partition coefficient (Wildman–Crippen LogP) is 7.12. The van der Waals surface area contributed by atoms with E-state index in [1.807, 2.05) is 0 Å². The number of nitrogens with zero attached hydrogens (tertiary/aromatic N) is 1.